The van der Waals surface area contributed by atoms with Crippen LogP contribution in [0.2, 0.25) is 0 Å². The Hall–Kier alpha value is -3.36. The second kappa shape index (κ2) is 7.57. The lowest BCUT2D eigenvalue weighted by molar-refractivity contribution is 0.0944. The molecule has 1 saturated carbocycles. The largest absolute Gasteiger partial charge is 0.427 e. The summed E-state index contributed by atoms with van der Waals surface area (Å²) in [5, 5.41) is 6.10. The maximum atomic E-state index is 13.8. The number of aryl methyl sites for hydroxylation is 1. The Balaban J connectivity index is 1.48. The fourth-order valence-corrected chi connectivity index (χ4v) is 3.18. The lowest BCUT2D eigenvalue weighted by Crippen LogP contribution is -2.30. The highest BCUT2D eigenvalue weighted by atomic mass is 19.1. The first-order valence-corrected chi connectivity index (χ1v) is 9.14. The first-order chi connectivity index (χ1) is 13.9. The van der Waals surface area contributed by atoms with Crippen molar-refractivity contribution in [2.75, 3.05) is 0 Å². The van der Waals surface area contributed by atoms with Gasteiger partial charge >= 0.3 is 5.63 Å². The van der Waals surface area contributed by atoms with E-state index >= 15 is 0 Å². The zero-order valence-electron chi connectivity index (χ0n) is 15.5. The van der Waals surface area contributed by atoms with Crippen molar-refractivity contribution >= 4 is 5.91 Å². The molecular formula is C20H17F2N3O4. The van der Waals surface area contributed by atoms with Crippen LogP contribution in [0.5, 0.6) is 0 Å². The number of amides is 1. The molecule has 7 nitrogen and oxygen atoms in total. The highest BCUT2D eigenvalue weighted by molar-refractivity contribution is 5.95. The van der Waals surface area contributed by atoms with E-state index in [1.165, 1.54) is 6.07 Å². The average Bonchev–Trinajstić information content (AvgIpc) is 3.06. The van der Waals surface area contributed by atoms with Gasteiger partial charge in [-0.1, -0.05) is 17.6 Å². The number of rotatable bonds is 5. The second-order valence-corrected chi connectivity index (χ2v) is 6.92. The Morgan fingerprint density at radius 2 is 2.00 bits per heavy atom. The van der Waals surface area contributed by atoms with Crippen molar-refractivity contribution < 1.29 is 22.5 Å². The molecule has 0 atom stereocenters. The molecule has 0 spiro atoms. The highest BCUT2D eigenvalue weighted by Gasteiger charge is 2.25. The van der Waals surface area contributed by atoms with E-state index < -0.39 is 28.7 Å². The molecule has 3 aromatic rings. The molecule has 1 aliphatic carbocycles. The fourth-order valence-electron chi connectivity index (χ4n) is 3.18. The Kier molecular flexibility index (Phi) is 4.96. The van der Waals surface area contributed by atoms with Crippen LogP contribution in [0.4, 0.5) is 8.78 Å². The lowest BCUT2D eigenvalue weighted by atomic mass is 9.83. The van der Waals surface area contributed by atoms with Crippen molar-refractivity contribution in [2.45, 2.75) is 38.6 Å². The number of hydrogen-bond acceptors (Lipinski definition) is 6. The maximum Gasteiger partial charge on any atom is 0.349 e. The van der Waals surface area contributed by atoms with Crippen molar-refractivity contribution in [3.05, 3.63) is 69.0 Å². The summed E-state index contributed by atoms with van der Waals surface area (Å²) in [5.74, 6) is -1.84. The molecule has 0 saturated heterocycles. The highest BCUT2D eigenvalue weighted by Crippen LogP contribution is 2.36. The molecule has 2 aromatic heterocycles. The van der Waals surface area contributed by atoms with Crippen molar-refractivity contribution in [2.24, 2.45) is 0 Å². The third kappa shape index (κ3) is 3.67. The fraction of sp³-hybridized carbons (Fsp3) is 0.300. The molecule has 1 aromatic carbocycles. The average molecular weight is 401 g/mol. The van der Waals surface area contributed by atoms with E-state index in [0.717, 1.165) is 31.4 Å². The molecule has 150 valence electrons. The smallest absolute Gasteiger partial charge is 0.349 e. The topological polar surface area (TPSA) is 98.2 Å². The monoisotopic (exact) mass is 401 g/mol. The van der Waals surface area contributed by atoms with Gasteiger partial charge in [0.2, 0.25) is 0 Å². The molecule has 0 unspecified atom stereocenters. The first-order valence-electron chi connectivity index (χ1n) is 9.14. The number of nitrogens with one attached hydrogen (secondary N) is 1. The molecule has 0 radical (unpaired) electrons. The van der Waals surface area contributed by atoms with Crippen LogP contribution in [0.15, 0.2) is 38.0 Å². The molecule has 0 bridgehead atoms. The Morgan fingerprint density at radius 1 is 1.28 bits per heavy atom. The number of carbonyl (C=O) groups excluding carboxylic acids is 1. The number of hydrogen-bond donors (Lipinski definition) is 1. The Bertz CT molecular complexity index is 1110. The number of carbonyl (C=O) groups is 1. The Labute approximate surface area is 163 Å². The van der Waals surface area contributed by atoms with E-state index in [-0.39, 0.29) is 29.7 Å². The number of nitrogens with zero attached hydrogens (tertiary/aromatic N) is 2. The van der Waals surface area contributed by atoms with Crippen LogP contribution in [-0.4, -0.2) is 16.0 Å². The zero-order valence-corrected chi connectivity index (χ0v) is 15.5. The van der Waals surface area contributed by atoms with Gasteiger partial charge in [-0.25, -0.2) is 13.6 Å². The number of halogens is 2. The summed E-state index contributed by atoms with van der Waals surface area (Å²) in [6.07, 6.45) is 3.03. The molecule has 1 aliphatic rings. The summed E-state index contributed by atoms with van der Waals surface area (Å²) in [6.45, 7) is 1.48. The summed E-state index contributed by atoms with van der Waals surface area (Å²) in [4.78, 5) is 28.6. The maximum absolute atomic E-state index is 13.8. The number of aromatic nitrogens is 2. The van der Waals surface area contributed by atoms with Crippen molar-refractivity contribution in [3.63, 3.8) is 0 Å². The predicted octanol–water partition coefficient (Wildman–Crippen LogP) is 3.47. The van der Waals surface area contributed by atoms with E-state index in [9.17, 15) is 18.4 Å². The van der Waals surface area contributed by atoms with E-state index in [4.69, 9.17) is 8.94 Å². The van der Waals surface area contributed by atoms with Crippen LogP contribution in [0, 0.1) is 18.6 Å². The molecule has 1 N–H and O–H groups in total. The van der Waals surface area contributed by atoms with Gasteiger partial charge in [0, 0.05) is 5.92 Å². The van der Waals surface area contributed by atoms with Crippen molar-refractivity contribution in [3.8, 4) is 11.5 Å². The Morgan fingerprint density at radius 3 is 2.62 bits per heavy atom. The van der Waals surface area contributed by atoms with Gasteiger partial charge in [-0.2, -0.15) is 4.98 Å². The molecule has 29 heavy (non-hydrogen) atoms. The van der Waals surface area contributed by atoms with Crippen LogP contribution >= 0.6 is 0 Å². The van der Waals surface area contributed by atoms with E-state index in [2.05, 4.69) is 15.5 Å². The summed E-state index contributed by atoms with van der Waals surface area (Å²) in [5.41, 5.74) is -0.730. The molecule has 1 amide bonds. The van der Waals surface area contributed by atoms with Gasteiger partial charge in [0.25, 0.3) is 11.8 Å². The minimum Gasteiger partial charge on any atom is -0.427 e. The minimum absolute atomic E-state index is 0.00383. The van der Waals surface area contributed by atoms with E-state index in [0.29, 0.717) is 11.3 Å². The van der Waals surface area contributed by atoms with Crippen LogP contribution in [0.3, 0.4) is 0 Å². The normalized spacial score (nSPS) is 13.9. The van der Waals surface area contributed by atoms with Crippen LogP contribution < -0.4 is 10.9 Å². The molecule has 9 heteroatoms. The zero-order chi connectivity index (χ0) is 20.5. The van der Waals surface area contributed by atoms with Crippen molar-refractivity contribution in [1.82, 2.24) is 15.5 Å². The van der Waals surface area contributed by atoms with Gasteiger partial charge in [0.05, 0.1) is 6.54 Å². The predicted molar refractivity (Wildman–Crippen MR) is 97.1 cm³/mol. The molecule has 0 aliphatic heterocycles. The van der Waals surface area contributed by atoms with E-state index in [1.807, 2.05) is 0 Å². The SMILES string of the molecule is Cc1cc(C2CCC2)oc(=O)c1C(=O)NCc1noc(-c2c(F)cccc2F)n1. The van der Waals surface area contributed by atoms with Gasteiger partial charge in [0.1, 0.15) is 28.5 Å². The molecule has 1 fully saturated rings. The second-order valence-electron chi connectivity index (χ2n) is 6.92. The van der Waals surface area contributed by atoms with Gasteiger partial charge < -0.3 is 14.3 Å². The van der Waals surface area contributed by atoms with Gasteiger partial charge in [-0.05, 0) is 43.5 Å². The third-order valence-corrected chi connectivity index (χ3v) is 4.95. The minimum atomic E-state index is -0.843. The van der Waals surface area contributed by atoms with Crippen molar-refractivity contribution in [1.29, 1.82) is 0 Å². The quantitative estimate of drug-likeness (QED) is 0.703. The third-order valence-electron chi connectivity index (χ3n) is 4.95. The van der Waals surface area contributed by atoms with Gasteiger partial charge in [-0.3, -0.25) is 4.79 Å². The van der Waals surface area contributed by atoms with Crippen LogP contribution in [0.1, 0.15) is 52.7 Å². The van der Waals surface area contributed by atoms with Crippen LogP contribution in [-0.2, 0) is 6.54 Å². The van der Waals surface area contributed by atoms with E-state index in [1.54, 1.807) is 13.0 Å². The van der Waals surface area contributed by atoms with Gasteiger partial charge in [-0.15, -0.1) is 0 Å². The number of benzene rings is 1. The molecule has 4 rings (SSSR count). The summed E-state index contributed by atoms with van der Waals surface area (Å²) >= 11 is 0. The molecular weight excluding hydrogens is 384 g/mol. The first kappa shape index (κ1) is 19.0. The lowest BCUT2D eigenvalue weighted by Gasteiger charge is -2.24. The standard InChI is InChI=1S/C20H17F2N3O4/c1-10-8-14(11-4-2-5-11)28-20(27)16(10)18(26)23-9-15-24-19(29-25-15)17-12(21)6-3-7-13(17)22/h3,6-8,11H,2,4-5,9H2,1H3,(H,23,26). The van der Waals surface area contributed by atoms with Crippen LogP contribution in [0.25, 0.3) is 11.5 Å². The summed E-state index contributed by atoms with van der Waals surface area (Å²) in [6, 6.07) is 5.07. The van der Waals surface area contributed by atoms with Gasteiger partial charge in [0.15, 0.2) is 5.82 Å². The molecule has 2 heterocycles. The summed E-state index contributed by atoms with van der Waals surface area (Å²) < 4.78 is 37.8. The summed E-state index contributed by atoms with van der Waals surface area (Å²) in [7, 11) is 0.